The van der Waals surface area contributed by atoms with Crippen molar-refractivity contribution in [2.24, 2.45) is 0 Å². The maximum atomic E-state index is 11.7. The lowest BCUT2D eigenvalue weighted by Crippen LogP contribution is -2.00. The molecule has 146 valence electrons. The lowest BCUT2D eigenvalue weighted by Gasteiger charge is -2.10. The number of aromatic nitrogens is 2. The van der Waals surface area contributed by atoms with Gasteiger partial charge in [0.15, 0.2) is 14.1 Å². The third-order valence-electron chi connectivity index (χ3n) is 4.05. The summed E-state index contributed by atoms with van der Waals surface area (Å²) in [6, 6.07) is 11.3. The SMILES string of the molecule is CCOc1ccc(C(C)=O)cc1CSc1nn(-c2ccc(C)c(Cl)c2)c(=S)s1. The molecule has 0 saturated heterocycles. The zero-order valence-electron chi connectivity index (χ0n) is 15.7. The molecular formula is C20H19ClN2O2S3. The molecule has 0 fully saturated rings. The van der Waals surface area contributed by atoms with E-state index in [-0.39, 0.29) is 5.78 Å². The van der Waals surface area contributed by atoms with Crippen LogP contribution >= 0.6 is 46.9 Å². The highest BCUT2D eigenvalue weighted by molar-refractivity contribution is 8.00. The quantitative estimate of drug-likeness (QED) is 0.233. The summed E-state index contributed by atoms with van der Waals surface area (Å²) >= 11 is 14.7. The summed E-state index contributed by atoms with van der Waals surface area (Å²) in [5.41, 5.74) is 3.49. The van der Waals surface area contributed by atoms with Gasteiger partial charge in [0.1, 0.15) is 5.75 Å². The van der Waals surface area contributed by atoms with Crippen molar-refractivity contribution >= 4 is 52.7 Å². The van der Waals surface area contributed by atoms with Crippen LogP contribution in [0.3, 0.4) is 0 Å². The zero-order chi connectivity index (χ0) is 20.3. The normalized spacial score (nSPS) is 10.9. The fraction of sp³-hybridized carbons (Fsp3) is 0.250. The molecule has 0 bridgehead atoms. The summed E-state index contributed by atoms with van der Waals surface area (Å²) in [6.45, 7) is 6.03. The number of ketones is 1. The van der Waals surface area contributed by atoms with Crippen LogP contribution in [0.25, 0.3) is 5.69 Å². The molecule has 0 saturated carbocycles. The number of benzene rings is 2. The van der Waals surface area contributed by atoms with Crippen LogP contribution in [0, 0.1) is 10.9 Å². The summed E-state index contributed by atoms with van der Waals surface area (Å²) < 4.78 is 8.93. The van der Waals surface area contributed by atoms with Crippen molar-refractivity contribution in [2.45, 2.75) is 30.9 Å². The van der Waals surface area contributed by atoms with Crippen molar-refractivity contribution in [1.82, 2.24) is 9.78 Å². The number of rotatable bonds is 7. The topological polar surface area (TPSA) is 44.1 Å². The van der Waals surface area contributed by atoms with Crippen molar-refractivity contribution in [3.05, 3.63) is 62.1 Å². The smallest absolute Gasteiger partial charge is 0.184 e. The number of hydrogen-bond acceptors (Lipinski definition) is 6. The first kappa shape index (κ1) is 21.0. The molecule has 0 unspecified atom stereocenters. The van der Waals surface area contributed by atoms with Crippen LogP contribution in [0.2, 0.25) is 5.02 Å². The van der Waals surface area contributed by atoms with Crippen molar-refractivity contribution in [3.8, 4) is 11.4 Å². The van der Waals surface area contributed by atoms with Gasteiger partial charge in [0.2, 0.25) is 0 Å². The molecule has 0 aliphatic rings. The molecule has 1 aromatic heterocycles. The summed E-state index contributed by atoms with van der Waals surface area (Å²) in [5.74, 6) is 1.45. The molecule has 0 spiro atoms. The molecule has 4 nitrogen and oxygen atoms in total. The summed E-state index contributed by atoms with van der Waals surface area (Å²) in [4.78, 5) is 11.7. The van der Waals surface area contributed by atoms with Crippen molar-refractivity contribution in [3.63, 3.8) is 0 Å². The molecule has 0 aliphatic heterocycles. The van der Waals surface area contributed by atoms with E-state index in [9.17, 15) is 4.79 Å². The first-order valence-electron chi connectivity index (χ1n) is 8.65. The zero-order valence-corrected chi connectivity index (χ0v) is 18.9. The molecule has 3 aromatic rings. The van der Waals surface area contributed by atoms with Gasteiger partial charge in [-0.1, -0.05) is 40.8 Å². The van der Waals surface area contributed by atoms with E-state index in [1.807, 2.05) is 44.2 Å². The average molecular weight is 451 g/mol. The summed E-state index contributed by atoms with van der Waals surface area (Å²) in [6.07, 6.45) is 0. The van der Waals surface area contributed by atoms with E-state index < -0.39 is 0 Å². The van der Waals surface area contributed by atoms with Crippen LogP contribution in [0.5, 0.6) is 5.75 Å². The highest BCUT2D eigenvalue weighted by Gasteiger charge is 2.12. The Morgan fingerprint density at radius 1 is 1.32 bits per heavy atom. The van der Waals surface area contributed by atoms with Gasteiger partial charge in [-0.25, -0.2) is 4.68 Å². The number of aryl methyl sites for hydroxylation is 1. The predicted octanol–water partition coefficient (Wildman–Crippen LogP) is 6.52. The van der Waals surface area contributed by atoms with E-state index in [2.05, 4.69) is 5.10 Å². The van der Waals surface area contributed by atoms with Gasteiger partial charge in [-0.05, 0) is 68.9 Å². The van der Waals surface area contributed by atoms with Crippen LogP contribution < -0.4 is 4.74 Å². The Morgan fingerprint density at radius 3 is 2.79 bits per heavy atom. The predicted molar refractivity (Wildman–Crippen MR) is 119 cm³/mol. The van der Waals surface area contributed by atoms with E-state index in [1.165, 1.54) is 11.3 Å². The molecule has 0 N–H and O–H groups in total. The number of carbonyl (C=O) groups excluding carboxylic acids is 1. The molecule has 0 amide bonds. The number of halogens is 1. The number of Topliss-reactive ketones (excluding diaryl/α,β-unsaturated/α-hetero) is 1. The van der Waals surface area contributed by atoms with Gasteiger partial charge in [-0.2, -0.15) is 0 Å². The summed E-state index contributed by atoms with van der Waals surface area (Å²) in [5, 5.41) is 5.31. The van der Waals surface area contributed by atoms with Crippen LogP contribution in [-0.4, -0.2) is 22.2 Å². The third kappa shape index (κ3) is 4.84. The maximum absolute atomic E-state index is 11.7. The Morgan fingerprint density at radius 2 is 2.11 bits per heavy atom. The highest BCUT2D eigenvalue weighted by Crippen LogP contribution is 2.32. The molecule has 0 atom stereocenters. The molecule has 0 aliphatic carbocycles. The lowest BCUT2D eigenvalue weighted by atomic mass is 10.1. The van der Waals surface area contributed by atoms with E-state index in [0.717, 1.165) is 26.9 Å². The van der Waals surface area contributed by atoms with E-state index in [4.69, 9.17) is 28.6 Å². The Kier molecular flexibility index (Phi) is 6.93. The lowest BCUT2D eigenvalue weighted by molar-refractivity contribution is 0.101. The Bertz CT molecular complexity index is 1080. The van der Waals surface area contributed by atoms with Crippen molar-refractivity contribution < 1.29 is 9.53 Å². The summed E-state index contributed by atoms with van der Waals surface area (Å²) in [7, 11) is 0. The average Bonchev–Trinajstić information content (AvgIpc) is 3.04. The monoisotopic (exact) mass is 450 g/mol. The first-order chi connectivity index (χ1) is 13.4. The number of hydrogen-bond donors (Lipinski definition) is 0. The second-order valence-electron chi connectivity index (χ2n) is 6.08. The van der Waals surface area contributed by atoms with Crippen molar-refractivity contribution in [2.75, 3.05) is 6.61 Å². The maximum Gasteiger partial charge on any atom is 0.184 e. The van der Waals surface area contributed by atoms with Gasteiger partial charge >= 0.3 is 0 Å². The Labute approximate surface area is 182 Å². The van der Waals surface area contributed by atoms with Crippen LogP contribution in [0.4, 0.5) is 0 Å². The first-order valence-corrected chi connectivity index (χ1v) is 11.2. The van der Waals surface area contributed by atoms with Gasteiger partial charge in [0.05, 0.1) is 12.3 Å². The highest BCUT2D eigenvalue weighted by atomic mass is 35.5. The number of carbonyl (C=O) groups is 1. The number of thioether (sulfide) groups is 1. The van der Waals surface area contributed by atoms with E-state index >= 15 is 0 Å². The second kappa shape index (κ2) is 9.22. The molecule has 3 rings (SSSR count). The van der Waals surface area contributed by atoms with Gasteiger partial charge in [-0.15, -0.1) is 5.10 Å². The minimum absolute atomic E-state index is 0.0329. The van der Waals surface area contributed by atoms with E-state index in [1.54, 1.807) is 29.4 Å². The standard InChI is InChI=1S/C20H19ClN2O2S3/c1-4-25-18-8-6-14(13(3)24)9-15(18)11-27-19-22-23(20(26)28-19)16-7-5-12(2)17(21)10-16/h5-10H,4,11H2,1-3H3. The Balaban J connectivity index is 1.84. The molecule has 2 aromatic carbocycles. The van der Waals surface area contributed by atoms with E-state index in [0.29, 0.717) is 26.9 Å². The van der Waals surface area contributed by atoms with Crippen LogP contribution in [0.15, 0.2) is 40.7 Å². The molecule has 28 heavy (non-hydrogen) atoms. The van der Waals surface area contributed by atoms with Gasteiger partial charge in [-0.3, -0.25) is 4.79 Å². The van der Waals surface area contributed by atoms with Gasteiger partial charge < -0.3 is 4.74 Å². The molecule has 8 heteroatoms. The van der Waals surface area contributed by atoms with Gasteiger partial charge in [0, 0.05) is 21.9 Å². The largest absolute Gasteiger partial charge is 0.494 e. The fourth-order valence-corrected chi connectivity index (χ4v) is 5.06. The second-order valence-corrected chi connectivity index (χ2v) is 9.33. The Hall–Kier alpha value is -1.67. The number of ether oxygens (including phenoxy) is 1. The minimum atomic E-state index is 0.0329. The molecule has 0 radical (unpaired) electrons. The van der Waals surface area contributed by atoms with Crippen LogP contribution in [0.1, 0.15) is 35.3 Å². The third-order valence-corrected chi connectivity index (χ3v) is 6.87. The van der Waals surface area contributed by atoms with Gasteiger partial charge in [0.25, 0.3) is 0 Å². The minimum Gasteiger partial charge on any atom is -0.494 e. The number of nitrogens with zero attached hydrogens (tertiary/aromatic N) is 2. The van der Waals surface area contributed by atoms with Crippen LogP contribution in [-0.2, 0) is 5.75 Å². The fourth-order valence-electron chi connectivity index (χ4n) is 2.54. The molecule has 1 heterocycles. The molecular weight excluding hydrogens is 432 g/mol. The van der Waals surface area contributed by atoms with Crippen molar-refractivity contribution in [1.29, 1.82) is 0 Å².